The maximum Gasteiger partial charge on any atom is 0.417 e. The van der Waals surface area contributed by atoms with Gasteiger partial charge in [0.1, 0.15) is 17.1 Å². The van der Waals surface area contributed by atoms with Crippen LogP contribution in [0, 0.1) is 0 Å². The average molecular weight is 391 g/mol. The van der Waals surface area contributed by atoms with Gasteiger partial charge in [0, 0.05) is 24.2 Å². The van der Waals surface area contributed by atoms with E-state index in [0.717, 1.165) is 30.2 Å². The van der Waals surface area contributed by atoms with Crippen molar-refractivity contribution in [3.63, 3.8) is 0 Å². The fourth-order valence-electron chi connectivity index (χ4n) is 3.67. The molecule has 0 aliphatic rings. The molecule has 28 heavy (non-hydrogen) atoms. The Balaban J connectivity index is 2.32. The topological polar surface area (TPSA) is 39.9 Å². The van der Waals surface area contributed by atoms with Crippen molar-refractivity contribution in [2.24, 2.45) is 0 Å². The van der Waals surface area contributed by atoms with Gasteiger partial charge in [0.05, 0.1) is 23.9 Å². The van der Waals surface area contributed by atoms with Crippen molar-refractivity contribution in [2.75, 3.05) is 7.11 Å². The molecule has 0 saturated carbocycles. The molecule has 0 N–H and O–H groups in total. The van der Waals surface area contributed by atoms with Crippen LogP contribution in [-0.4, -0.2) is 21.6 Å². The molecule has 1 aromatic carbocycles. The van der Waals surface area contributed by atoms with Crippen molar-refractivity contribution < 1.29 is 17.9 Å². The van der Waals surface area contributed by atoms with E-state index in [4.69, 9.17) is 9.72 Å². The van der Waals surface area contributed by atoms with Gasteiger partial charge in [-0.25, -0.2) is 4.98 Å². The van der Waals surface area contributed by atoms with Gasteiger partial charge in [-0.2, -0.15) is 13.2 Å². The molecule has 0 spiro atoms. The highest BCUT2D eigenvalue weighted by Gasteiger charge is 2.35. The van der Waals surface area contributed by atoms with E-state index in [1.54, 1.807) is 6.20 Å². The summed E-state index contributed by atoms with van der Waals surface area (Å²) < 4.78 is 48.3. The molecule has 0 fully saturated rings. The van der Waals surface area contributed by atoms with Crippen LogP contribution in [0.2, 0.25) is 0 Å². The summed E-state index contributed by atoms with van der Waals surface area (Å²) in [7, 11) is 1.35. The van der Waals surface area contributed by atoms with E-state index in [0.29, 0.717) is 11.9 Å². The molecule has 2 heterocycles. The molecule has 0 saturated heterocycles. The SMILES string of the molecule is CCc1nc2c(-c3ccc(OC)cc3C(F)(F)F)nccc2n1C(CC)CC. The van der Waals surface area contributed by atoms with Crippen molar-refractivity contribution in [3.8, 4) is 17.0 Å². The van der Waals surface area contributed by atoms with Crippen LogP contribution in [0.25, 0.3) is 22.3 Å². The Kier molecular flexibility index (Phi) is 5.63. The average Bonchev–Trinajstić information content (AvgIpc) is 3.06. The summed E-state index contributed by atoms with van der Waals surface area (Å²) in [5, 5.41) is 0. The van der Waals surface area contributed by atoms with Gasteiger partial charge in [0.25, 0.3) is 0 Å². The van der Waals surface area contributed by atoms with E-state index in [2.05, 4.69) is 23.4 Å². The van der Waals surface area contributed by atoms with Gasteiger partial charge in [-0.1, -0.05) is 20.8 Å². The normalized spacial score (nSPS) is 12.1. The van der Waals surface area contributed by atoms with Crippen molar-refractivity contribution in [2.45, 2.75) is 52.3 Å². The molecule has 150 valence electrons. The number of fused-ring (bicyclic) bond motifs is 1. The molecule has 4 nitrogen and oxygen atoms in total. The number of nitrogens with zero attached hydrogens (tertiary/aromatic N) is 3. The van der Waals surface area contributed by atoms with Crippen molar-refractivity contribution in [1.82, 2.24) is 14.5 Å². The summed E-state index contributed by atoms with van der Waals surface area (Å²) in [5.41, 5.74) is 0.797. The van der Waals surface area contributed by atoms with Crippen molar-refractivity contribution in [1.29, 1.82) is 0 Å². The third-order valence-corrected chi connectivity index (χ3v) is 5.09. The number of rotatable bonds is 6. The number of pyridine rings is 1. The highest BCUT2D eigenvalue weighted by molar-refractivity contribution is 5.91. The lowest BCUT2D eigenvalue weighted by Gasteiger charge is -2.18. The second-order valence-electron chi connectivity index (χ2n) is 6.66. The van der Waals surface area contributed by atoms with Gasteiger partial charge in [-0.15, -0.1) is 0 Å². The lowest BCUT2D eigenvalue weighted by molar-refractivity contribution is -0.137. The number of alkyl halides is 3. The van der Waals surface area contributed by atoms with Crippen LogP contribution in [0.4, 0.5) is 13.2 Å². The van der Waals surface area contributed by atoms with Gasteiger partial charge in [0.2, 0.25) is 0 Å². The smallest absolute Gasteiger partial charge is 0.417 e. The Labute approximate surface area is 162 Å². The lowest BCUT2D eigenvalue weighted by atomic mass is 10.0. The number of aromatic nitrogens is 3. The molecule has 0 aliphatic heterocycles. The molecule has 0 amide bonds. The van der Waals surface area contributed by atoms with Gasteiger partial charge in [-0.05, 0) is 37.1 Å². The number of ether oxygens (including phenoxy) is 1. The monoisotopic (exact) mass is 391 g/mol. The Hall–Kier alpha value is -2.57. The molecular formula is C21H24F3N3O. The van der Waals surface area contributed by atoms with Crippen LogP contribution < -0.4 is 4.74 Å². The van der Waals surface area contributed by atoms with Crippen LogP contribution in [0.1, 0.15) is 51.0 Å². The minimum Gasteiger partial charge on any atom is -0.497 e. The van der Waals surface area contributed by atoms with Crippen LogP contribution in [0.3, 0.4) is 0 Å². The van der Waals surface area contributed by atoms with Gasteiger partial charge >= 0.3 is 6.18 Å². The van der Waals surface area contributed by atoms with E-state index in [1.165, 1.54) is 19.2 Å². The number of hydrogen-bond acceptors (Lipinski definition) is 3. The predicted octanol–water partition coefficient (Wildman–Crippen LogP) is 6.05. The zero-order chi connectivity index (χ0) is 20.5. The molecule has 0 radical (unpaired) electrons. The zero-order valence-corrected chi connectivity index (χ0v) is 16.5. The summed E-state index contributed by atoms with van der Waals surface area (Å²) in [4.78, 5) is 8.98. The fourth-order valence-corrected chi connectivity index (χ4v) is 3.67. The number of imidazole rings is 1. The quantitative estimate of drug-likeness (QED) is 0.514. The largest absolute Gasteiger partial charge is 0.497 e. The second-order valence-corrected chi connectivity index (χ2v) is 6.66. The van der Waals surface area contributed by atoms with Crippen LogP contribution in [0.15, 0.2) is 30.5 Å². The first-order chi connectivity index (χ1) is 13.3. The summed E-state index contributed by atoms with van der Waals surface area (Å²) in [5.74, 6) is 1.01. The number of benzene rings is 1. The summed E-state index contributed by atoms with van der Waals surface area (Å²) in [6.07, 6.45) is -0.438. The third kappa shape index (κ3) is 3.45. The van der Waals surface area contributed by atoms with E-state index < -0.39 is 11.7 Å². The molecule has 3 rings (SSSR count). The minimum atomic E-state index is -4.53. The highest BCUT2D eigenvalue weighted by Crippen LogP contribution is 2.40. The van der Waals surface area contributed by atoms with E-state index >= 15 is 0 Å². The molecule has 0 bridgehead atoms. The summed E-state index contributed by atoms with van der Waals surface area (Å²) in [6, 6.07) is 6.01. The maximum atomic E-state index is 13.7. The summed E-state index contributed by atoms with van der Waals surface area (Å²) >= 11 is 0. The molecule has 7 heteroatoms. The fraction of sp³-hybridized carbons (Fsp3) is 0.429. The molecule has 2 aromatic heterocycles. The van der Waals surface area contributed by atoms with Crippen molar-refractivity contribution in [3.05, 3.63) is 41.9 Å². The van der Waals surface area contributed by atoms with E-state index in [-0.39, 0.29) is 23.0 Å². The van der Waals surface area contributed by atoms with Crippen LogP contribution in [0.5, 0.6) is 5.75 Å². The standard InChI is InChI=1S/C21H24F3N3O/c1-5-13(6-2)27-17-10-11-25-19(20(17)26-18(27)7-3)15-9-8-14(28-4)12-16(15)21(22,23)24/h8-13H,5-7H2,1-4H3. The first-order valence-electron chi connectivity index (χ1n) is 9.47. The van der Waals surface area contributed by atoms with E-state index in [9.17, 15) is 13.2 Å². The Morgan fingerprint density at radius 1 is 1.11 bits per heavy atom. The molecule has 0 unspecified atom stereocenters. The molecule has 3 aromatic rings. The molecular weight excluding hydrogens is 367 g/mol. The Bertz CT molecular complexity index is 975. The van der Waals surface area contributed by atoms with Crippen LogP contribution in [-0.2, 0) is 12.6 Å². The predicted molar refractivity (Wildman–Crippen MR) is 104 cm³/mol. The first-order valence-corrected chi connectivity index (χ1v) is 9.47. The molecule has 0 atom stereocenters. The Morgan fingerprint density at radius 3 is 2.39 bits per heavy atom. The number of hydrogen-bond donors (Lipinski definition) is 0. The van der Waals surface area contributed by atoms with Crippen LogP contribution >= 0.6 is 0 Å². The lowest BCUT2D eigenvalue weighted by Crippen LogP contribution is -2.10. The minimum absolute atomic E-state index is 0.00995. The third-order valence-electron chi connectivity index (χ3n) is 5.09. The second kappa shape index (κ2) is 7.81. The highest BCUT2D eigenvalue weighted by atomic mass is 19.4. The zero-order valence-electron chi connectivity index (χ0n) is 16.5. The summed E-state index contributed by atoms with van der Waals surface area (Å²) in [6.45, 7) is 6.21. The number of aryl methyl sites for hydroxylation is 1. The van der Waals surface area contributed by atoms with Crippen molar-refractivity contribution >= 4 is 11.0 Å². The number of halogens is 3. The van der Waals surface area contributed by atoms with Gasteiger partial charge < -0.3 is 9.30 Å². The number of methoxy groups -OCH3 is 1. The van der Waals surface area contributed by atoms with E-state index in [1.807, 2.05) is 13.0 Å². The Morgan fingerprint density at radius 2 is 1.82 bits per heavy atom. The first kappa shape index (κ1) is 20.2. The van der Waals surface area contributed by atoms with Gasteiger partial charge in [-0.3, -0.25) is 4.98 Å². The van der Waals surface area contributed by atoms with Gasteiger partial charge in [0.15, 0.2) is 0 Å². The molecule has 0 aliphatic carbocycles. The maximum absolute atomic E-state index is 13.7.